The Labute approximate surface area is 185 Å². The Hall–Kier alpha value is -0.893. The Morgan fingerprint density at radius 1 is 1.28 bits per heavy atom. The van der Waals surface area contributed by atoms with Gasteiger partial charge in [0.25, 0.3) is 0 Å². The molecule has 2 aromatic rings. The molecular weight excluding hydrogens is 448 g/mol. The molecule has 0 fully saturated rings. The quantitative estimate of drug-likeness (QED) is 0.260. The van der Waals surface area contributed by atoms with Gasteiger partial charge in [-0.1, -0.05) is 33.5 Å². The van der Waals surface area contributed by atoms with Crippen molar-refractivity contribution in [2.45, 2.75) is 72.6 Å². The van der Waals surface area contributed by atoms with E-state index in [4.69, 9.17) is 19.2 Å². The molecule has 0 radical (unpaired) electrons. The number of hydrogen-bond acceptors (Lipinski definition) is 4. The Morgan fingerprint density at radius 2 is 2.00 bits per heavy atom. The molecule has 164 valence electrons. The first-order chi connectivity index (χ1) is 13.5. The number of aromatic nitrogens is 2. The van der Waals surface area contributed by atoms with Gasteiger partial charge in [-0.15, -0.1) is 0 Å². The van der Waals surface area contributed by atoms with Crippen LogP contribution in [0.1, 0.15) is 34.1 Å². The van der Waals surface area contributed by atoms with E-state index in [0.29, 0.717) is 19.2 Å². The summed E-state index contributed by atoms with van der Waals surface area (Å²) in [6.07, 6.45) is 3.17. The summed E-state index contributed by atoms with van der Waals surface area (Å²) in [4.78, 5) is 4.77. The standard InChI is InChI=1S/C22H37BrN2O3Si/c1-8-27-17(2)14-22(3,4)15-28-21-19(23)13-18-9-10-25(20(18)24-21)16-26-11-12-29(5,6)7/h9-10,13,17H,8,11-12,14-16H2,1-7H3. The molecule has 0 aliphatic heterocycles. The van der Waals surface area contributed by atoms with E-state index >= 15 is 0 Å². The summed E-state index contributed by atoms with van der Waals surface area (Å²) in [6, 6.07) is 5.29. The number of rotatable bonds is 12. The van der Waals surface area contributed by atoms with Crippen LogP contribution in [-0.4, -0.2) is 43.5 Å². The van der Waals surface area contributed by atoms with Crippen LogP contribution in [-0.2, 0) is 16.2 Å². The van der Waals surface area contributed by atoms with Crippen LogP contribution >= 0.6 is 15.9 Å². The smallest absolute Gasteiger partial charge is 0.230 e. The van der Waals surface area contributed by atoms with Crippen LogP contribution in [0.25, 0.3) is 11.0 Å². The second-order valence-corrected chi connectivity index (χ2v) is 16.2. The van der Waals surface area contributed by atoms with E-state index in [-0.39, 0.29) is 11.5 Å². The van der Waals surface area contributed by atoms with Crippen molar-refractivity contribution in [3.8, 4) is 5.88 Å². The van der Waals surface area contributed by atoms with Crippen molar-refractivity contribution < 1.29 is 14.2 Å². The molecule has 1 atom stereocenters. The van der Waals surface area contributed by atoms with Gasteiger partial charge in [-0.05, 0) is 54.4 Å². The number of hydrogen-bond donors (Lipinski definition) is 0. The SMILES string of the molecule is CCOC(C)CC(C)(C)COc1nc2c(ccn2COCC[Si](C)(C)C)cc1Br. The highest BCUT2D eigenvalue weighted by Crippen LogP contribution is 2.31. The maximum absolute atomic E-state index is 6.12. The van der Waals surface area contributed by atoms with Crippen molar-refractivity contribution >= 4 is 35.0 Å². The van der Waals surface area contributed by atoms with Crippen molar-refractivity contribution in [1.29, 1.82) is 0 Å². The van der Waals surface area contributed by atoms with Gasteiger partial charge in [-0.2, -0.15) is 4.98 Å². The summed E-state index contributed by atoms with van der Waals surface area (Å²) in [7, 11) is -1.08. The fraction of sp³-hybridized carbons (Fsp3) is 0.682. The molecule has 0 saturated heterocycles. The second-order valence-electron chi connectivity index (χ2n) is 9.74. The highest BCUT2D eigenvalue weighted by Gasteiger charge is 2.23. The lowest BCUT2D eigenvalue weighted by Crippen LogP contribution is -2.27. The fourth-order valence-electron chi connectivity index (χ4n) is 3.26. The lowest BCUT2D eigenvalue weighted by Gasteiger charge is -2.27. The summed E-state index contributed by atoms with van der Waals surface area (Å²) in [6.45, 7) is 18.2. The summed E-state index contributed by atoms with van der Waals surface area (Å²) < 4.78 is 20.6. The zero-order valence-corrected chi connectivity index (χ0v) is 21.6. The molecule has 29 heavy (non-hydrogen) atoms. The maximum Gasteiger partial charge on any atom is 0.230 e. The Bertz CT molecular complexity index is 786. The average Bonchev–Trinajstić information content (AvgIpc) is 2.97. The van der Waals surface area contributed by atoms with Crippen LogP contribution < -0.4 is 4.74 Å². The molecule has 2 rings (SSSR count). The Balaban J connectivity index is 2.03. The van der Waals surface area contributed by atoms with Gasteiger partial charge in [0.05, 0.1) is 17.2 Å². The highest BCUT2D eigenvalue weighted by molar-refractivity contribution is 9.10. The molecule has 0 N–H and O–H groups in total. The molecular formula is C22H37BrN2O3Si. The minimum absolute atomic E-state index is 0.00733. The van der Waals surface area contributed by atoms with Crippen LogP contribution in [0.3, 0.4) is 0 Å². The lowest BCUT2D eigenvalue weighted by atomic mass is 9.88. The lowest BCUT2D eigenvalue weighted by molar-refractivity contribution is 0.0288. The topological polar surface area (TPSA) is 45.5 Å². The van der Waals surface area contributed by atoms with Gasteiger partial charge >= 0.3 is 0 Å². The summed E-state index contributed by atoms with van der Waals surface area (Å²) in [5, 5.41) is 1.07. The molecule has 7 heteroatoms. The maximum atomic E-state index is 6.12. The number of ether oxygens (including phenoxy) is 3. The zero-order chi connectivity index (χ0) is 21.7. The average molecular weight is 486 g/mol. The van der Waals surface area contributed by atoms with Gasteiger partial charge in [0.15, 0.2) is 0 Å². The number of nitrogens with zero attached hydrogens (tertiary/aromatic N) is 2. The summed E-state index contributed by atoms with van der Waals surface area (Å²) in [5.74, 6) is 0.622. The molecule has 2 aromatic heterocycles. The molecule has 0 bridgehead atoms. The first-order valence-electron chi connectivity index (χ1n) is 10.5. The highest BCUT2D eigenvalue weighted by atomic mass is 79.9. The largest absolute Gasteiger partial charge is 0.476 e. The van der Waals surface area contributed by atoms with Crippen LogP contribution in [0.5, 0.6) is 5.88 Å². The normalized spacial score (nSPS) is 13.8. The molecule has 5 nitrogen and oxygen atoms in total. The minimum Gasteiger partial charge on any atom is -0.476 e. The van der Waals surface area contributed by atoms with Crippen LogP contribution in [0.4, 0.5) is 0 Å². The third-order valence-electron chi connectivity index (χ3n) is 4.78. The van der Waals surface area contributed by atoms with E-state index in [2.05, 4.69) is 68.5 Å². The molecule has 0 aliphatic rings. The molecule has 0 spiro atoms. The second kappa shape index (κ2) is 10.4. The van der Waals surface area contributed by atoms with Crippen molar-refractivity contribution in [3.05, 3.63) is 22.8 Å². The van der Waals surface area contributed by atoms with Gasteiger partial charge in [0, 0.05) is 38.3 Å². The van der Waals surface area contributed by atoms with E-state index in [1.807, 2.05) is 17.7 Å². The monoisotopic (exact) mass is 484 g/mol. The predicted octanol–water partition coefficient (Wildman–Crippen LogP) is 6.33. The molecule has 2 heterocycles. The Morgan fingerprint density at radius 3 is 2.66 bits per heavy atom. The molecule has 0 aliphatic carbocycles. The van der Waals surface area contributed by atoms with E-state index in [1.165, 1.54) is 0 Å². The first kappa shape index (κ1) is 24.4. The first-order valence-corrected chi connectivity index (χ1v) is 15.0. The van der Waals surface area contributed by atoms with Crippen LogP contribution in [0, 0.1) is 5.41 Å². The van der Waals surface area contributed by atoms with Crippen molar-refractivity contribution in [3.63, 3.8) is 0 Å². The molecule has 0 amide bonds. The fourth-order valence-corrected chi connectivity index (χ4v) is 4.47. The summed E-state index contributed by atoms with van der Waals surface area (Å²) >= 11 is 3.61. The van der Waals surface area contributed by atoms with Crippen molar-refractivity contribution in [1.82, 2.24) is 9.55 Å². The predicted molar refractivity (Wildman–Crippen MR) is 127 cm³/mol. The number of pyridine rings is 1. The van der Waals surface area contributed by atoms with E-state index in [0.717, 1.165) is 41.2 Å². The summed E-state index contributed by atoms with van der Waals surface area (Å²) in [5.41, 5.74) is 0.879. The molecule has 0 saturated carbocycles. The minimum atomic E-state index is -1.08. The third-order valence-corrected chi connectivity index (χ3v) is 7.05. The molecule has 0 aromatic carbocycles. The van der Waals surface area contributed by atoms with Crippen LogP contribution in [0.2, 0.25) is 25.7 Å². The number of halogens is 1. The van der Waals surface area contributed by atoms with Crippen molar-refractivity contribution in [2.24, 2.45) is 5.41 Å². The van der Waals surface area contributed by atoms with E-state index in [1.54, 1.807) is 0 Å². The van der Waals surface area contributed by atoms with Gasteiger partial charge in [0.2, 0.25) is 5.88 Å². The van der Waals surface area contributed by atoms with E-state index < -0.39 is 8.07 Å². The van der Waals surface area contributed by atoms with Gasteiger partial charge < -0.3 is 18.8 Å². The van der Waals surface area contributed by atoms with Gasteiger partial charge in [0.1, 0.15) is 12.4 Å². The zero-order valence-electron chi connectivity index (χ0n) is 19.0. The third kappa shape index (κ3) is 8.04. The van der Waals surface area contributed by atoms with E-state index in [9.17, 15) is 0 Å². The van der Waals surface area contributed by atoms with Gasteiger partial charge in [-0.3, -0.25) is 0 Å². The Kier molecular flexibility index (Phi) is 8.76. The van der Waals surface area contributed by atoms with Crippen molar-refractivity contribution in [2.75, 3.05) is 19.8 Å². The van der Waals surface area contributed by atoms with Crippen LogP contribution in [0.15, 0.2) is 22.8 Å². The number of fused-ring (bicyclic) bond motifs is 1. The van der Waals surface area contributed by atoms with Gasteiger partial charge in [-0.25, -0.2) is 0 Å². The molecule has 1 unspecified atom stereocenters.